The summed E-state index contributed by atoms with van der Waals surface area (Å²) in [6.45, 7) is 6.51. The monoisotopic (exact) mass is 361 g/mol. The molecule has 0 saturated carbocycles. The molecule has 0 bridgehead atoms. The first-order valence-corrected chi connectivity index (χ1v) is 9.16. The van der Waals surface area contributed by atoms with Gasteiger partial charge in [-0.3, -0.25) is 9.10 Å². The molecule has 2 N–H and O–H groups in total. The van der Waals surface area contributed by atoms with Crippen molar-refractivity contribution in [3.8, 4) is 0 Å². The number of rotatable bonds is 6. The topological polar surface area (TPSA) is 78.5 Å². The van der Waals surface area contributed by atoms with Crippen LogP contribution in [-0.4, -0.2) is 46.3 Å². The molecular weight excluding hydrogens is 338 g/mol. The third-order valence-corrected chi connectivity index (χ3v) is 5.55. The molecule has 1 aromatic carbocycles. The average Bonchev–Trinajstić information content (AvgIpc) is 2.82. The van der Waals surface area contributed by atoms with Gasteiger partial charge < -0.3 is 10.6 Å². The minimum Gasteiger partial charge on any atom is -0.351 e. The number of carbonyl (C=O) groups is 1. The lowest BCUT2D eigenvalue weighted by molar-refractivity contribution is 0.0953. The molecule has 0 spiro atoms. The lowest BCUT2D eigenvalue weighted by atomic mass is 10.1. The second kappa shape index (κ2) is 8.52. The van der Waals surface area contributed by atoms with Crippen molar-refractivity contribution in [3.63, 3.8) is 0 Å². The lowest BCUT2D eigenvalue weighted by Crippen LogP contribution is -2.32. The number of nitrogens with one attached hydrogen (secondary N) is 2. The van der Waals surface area contributed by atoms with Crippen LogP contribution < -0.4 is 14.9 Å². The molecule has 23 heavy (non-hydrogen) atoms. The van der Waals surface area contributed by atoms with Crippen LogP contribution in [0, 0.1) is 6.92 Å². The first kappa shape index (κ1) is 19.7. The van der Waals surface area contributed by atoms with E-state index in [0.717, 1.165) is 18.7 Å². The van der Waals surface area contributed by atoms with Crippen molar-refractivity contribution >= 4 is 34.0 Å². The van der Waals surface area contributed by atoms with Crippen LogP contribution in [0.2, 0.25) is 0 Å². The van der Waals surface area contributed by atoms with E-state index in [-0.39, 0.29) is 24.1 Å². The number of halogens is 1. The van der Waals surface area contributed by atoms with Crippen molar-refractivity contribution < 1.29 is 13.2 Å². The Kier molecular flexibility index (Phi) is 7.31. The van der Waals surface area contributed by atoms with E-state index in [1.54, 1.807) is 18.2 Å². The molecular formula is C15H24ClN3O3S. The molecule has 6 nitrogen and oxygen atoms in total. The smallest absolute Gasteiger partial charge is 0.251 e. The standard InChI is InChI=1S/C15H23N3O3S.ClH/c1-3-16-7-8-17-15(19)14-6-5-13(11-12(14)2)18-9-4-10-22(18,20)21;/h5-6,11,16H,3-4,7-10H2,1-2H3,(H,17,19);1H. The van der Waals surface area contributed by atoms with Gasteiger partial charge in [0.15, 0.2) is 0 Å². The molecule has 1 aromatic rings. The van der Waals surface area contributed by atoms with Gasteiger partial charge in [-0.05, 0) is 43.7 Å². The third kappa shape index (κ3) is 4.83. The number of hydrogen-bond donors (Lipinski definition) is 2. The Morgan fingerprint density at radius 2 is 2.04 bits per heavy atom. The largest absolute Gasteiger partial charge is 0.351 e. The molecule has 0 aromatic heterocycles. The lowest BCUT2D eigenvalue weighted by Gasteiger charge is -2.18. The molecule has 1 heterocycles. The molecule has 1 fully saturated rings. The van der Waals surface area contributed by atoms with E-state index in [1.807, 2.05) is 13.8 Å². The van der Waals surface area contributed by atoms with Crippen molar-refractivity contribution in [3.05, 3.63) is 29.3 Å². The van der Waals surface area contributed by atoms with Crippen molar-refractivity contribution in [2.75, 3.05) is 36.2 Å². The summed E-state index contributed by atoms with van der Waals surface area (Å²) >= 11 is 0. The second-order valence-corrected chi connectivity index (χ2v) is 7.36. The highest BCUT2D eigenvalue weighted by molar-refractivity contribution is 7.93. The predicted octanol–water partition coefficient (Wildman–Crippen LogP) is 1.30. The van der Waals surface area contributed by atoms with Crippen LogP contribution in [0.25, 0.3) is 0 Å². The number of benzene rings is 1. The summed E-state index contributed by atoms with van der Waals surface area (Å²) in [6.07, 6.45) is 0.647. The number of likely N-dealkylation sites (N-methyl/N-ethyl adjacent to an activating group) is 1. The van der Waals surface area contributed by atoms with Gasteiger partial charge in [0.2, 0.25) is 10.0 Å². The van der Waals surface area contributed by atoms with E-state index in [4.69, 9.17) is 0 Å². The van der Waals surface area contributed by atoms with Gasteiger partial charge in [-0.1, -0.05) is 6.92 Å². The van der Waals surface area contributed by atoms with Gasteiger partial charge in [-0.15, -0.1) is 12.4 Å². The highest BCUT2D eigenvalue weighted by Gasteiger charge is 2.28. The molecule has 0 aliphatic carbocycles. The summed E-state index contributed by atoms with van der Waals surface area (Å²) in [4.78, 5) is 12.1. The first-order chi connectivity index (χ1) is 10.5. The van der Waals surface area contributed by atoms with Crippen molar-refractivity contribution in [1.82, 2.24) is 10.6 Å². The van der Waals surface area contributed by atoms with Crippen LogP contribution in [-0.2, 0) is 10.0 Å². The zero-order valence-electron chi connectivity index (χ0n) is 13.5. The highest BCUT2D eigenvalue weighted by Crippen LogP contribution is 2.26. The molecule has 0 atom stereocenters. The van der Waals surface area contributed by atoms with Crippen molar-refractivity contribution in [2.24, 2.45) is 0 Å². The molecule has 2 rings (SSSR count). The van der Waals surface area contributed by atoms with Gasteiger partial charge in [-0.2, -0.15) is 0 Å². The summed E-state index contributed by atoms with van der Waals surface area (Å²) in [5.41, 5.74) is 2.00. The summed E-state index contributed by atoms with van der Waals surface area (Å²) in [7, 11) is -3.19. The molecule has 1 aliphatic rings. The third-order valence-electron chi connectivity index (χ3n) is 3.68. The fraction of sp³-hybridized carbons (Fsp3) is 0.533. The molecule has 0 radical (unpaired) electrons. The fourth-order valence-electron chi connectivity index (χ4n) is 2.52. The van der Waals surface area contributed by atoms with E-state index in [1.165, 1.54) is 4.31 Å². The van der Waals surface area contributed by atoms with Crippen LogP contribution in [0.1, 0.15) is 29.3 Å². The van der Waals surface area contributed by atoms with Gasteiger partial charge >= 0.3 is 0 Å². The second-order valence-electron chi connectivity index (χ2n) is 5.35. The van der Waals surface area contributed by atoms with Crippen LogP contribution in [0.4, 0.5) is 5.69 Å². The first-order valence-electron chi connectivity index (χ1n) is 7.55. The Hall–Kier alpha value is -1.31. The Labute approximate surface area is 144 Å². The predicted molar refractivity (Wildman–Crippen MR) is 95.1 cm³/mol. The van der Waals surface area contributed by atoms with E-state index in [0.29, 0.717) is 30.8 Å². The Morgan fingerprint density at radius 1 is 1.30 bits per heavy atom. The van der Waals surface area contributed by atoms with Gasteiger partial charge in [0, 0.05) is 25.2 Å². The summed E-state index contributed by atoms with van der Waals surface area (Å²) in [5, 5.41) is 5.98. The maximum atomic E-state index is 12.1. The molecule has 130 valence electrons. The molecule has 8 heteroatoms. The zero-order valence-corrected chi connectivity index (χ0v) is 15.1. The highest BCUT2D eigenvalue weighted by atomic mass is 35.5. The molecule has 1 amide bonds. The Morgan fingerprint density at radius 3 is 2.61 bits per heavy atom. The van der Waals surface area contributed by atoms with E-state index in [9.17, 15) is 13.2 Å². The summed E-state index contributed by atoms with van der Waals surface area (Å²) in [6, 6.07) is 5.16. The number of sulfonamides is 1. The van der Waals surface area contributed by atoms with Crippen LogP contribution in [0.3, 0.4) is 0 Å². The summed E-state index contributed by atoms with van der Waals surface area (Å²) < 4.78 is 25.3. The number of anilines is 1. The maximum Gasteiger partial charge on any atom is 0.251 e. The van der Waals surface area contributed by atoms with Gasteiger partial charge in [0.05, 0.1) is 11.4 Å². The van der Waals surface area contributed by atoms with E-state index >= 15 is 0 Å². The van der Waals surface area contributed by atoms with Crippen LogP contribution in [0.15, 0.2) is 18.2 Å². The van der Waals surface area contributed by atoms with Gasteiger partial charge in [0.25, 0.3) is 5.91 Å². The van der Waals surface area contributed by atoms with E-state index in [2.05, 4.69) is 10.6 Å². The summed E-state index contributed by atoms with van der Waals surface area (Å²) in [5.74, 6) is 0.0600. The normalized spacial score (nSPS) is 16.0. The van der Waals surface area contributed by atoms with E-state index < -0.39 is 10.0 Å². The number of aryl methyl sites for hydroxylation is 1. The average molecular weight is 362 g/mol. The quantitative estimate of drug-likeness (QED) is 0.748. The minimum absolute atomic E-state index is 0. The Balaban J connectivity index is 0.00000264. The SMILES string of the molecule is CCNCCNC(=O)c1ccc(N2CCCS2(=O)=O)cc1C.Cl. The van der Waals surface area contributed by atoms with Gasteiger partial charge in [0.1, 0.15) is 0 Å². The molecule has 1 aliphatic heterocycles. The number of nitrogens with zero attached hydrogens (tertiary/aromatic N) is 1. The molecule has 0 unspecified atom stereocenters. The van der Waals surface area contributed by atoms with Gasteiger partial charge in [-0.25, -0.2) is 8.42 Å². The van der Waals surface area contributed by atoms with Crippen LogP contribution in [0.5, 0.6) is 0 Å². The zero-order chi connectivity index (χ0) is 16.2. The Bertz CT molecular complexity index is 649. The fourth-order valence-corrected chi connectivity index (χ4v) is 4.08. The minimum atomic E-state index is -3.19. The van der Waals surface area contributed by atoms with Crippen LogP contribution >= 0.6 is 12.4 Å². The van der Waals surface area contributed by atoms with Crippen molar-refractivity contribution in [2.45, 2.75) is 20.3 Å². The van der Waals surface area contributed by atoms with Crippen molar-refractivity contribution in [1.29, 1.82) is 0 Å². The number of carbonyl (C=O) groups excluding carboxylic acids is 1. The molecule has 1 saturated heterocycles. The number of amides is 1. The maximum absolute atomic E-state index is 12.1. The number of hydrogen-bond acceptors (Lipinski definition) is 4.